The fourth-order valence-corrected chi connectivity index (χ4v) is 2.42. The minimum atomic E-state index is -1.84. The SMILES string of the molecule is CC(=O)c1cc(C(N)C(=O)O)ccc1O[Si](C)(C)C. The minimum Gasteiger partial charge on any atom is -0.544 e. The van der Waals surface area contributed by atoms with E-state index in [-0.39, 0.29) is 5.78 Å². The van der Waals surface area contributed by atoms with Crippen LogP contribution in [-0.2, 0) is 4.79 Å². The first-order valence-electron chi connectivity index (χ1n) is 5.94. The molecule has 0 aliphatic carbocycles. The Labute approximate surface area is 113 Å². The second-order valence-corrected chi connectivity index (χ2v) is 9.77. The van der Waals surface area contributed by atoms with Crippen molar-refractivity contribution in [2.45, 2.75) is 32.6 Å². The van der Waals surface area contributed by atoms with E-state index in [0.717, 1.165) is 0 Å². The summed E-state index contributed by atoms with van der Waals surface area (Å²) in [6, 6.07) is 3.56. The maximum Gasteiger partial charge on any atom is 0.325 e. The normalized spacial score (nSPS) is 12.9. The smallest absolute Gasteiger partial charge is 0.325 e. The Kier molecular flexibility index (Phi) is 4.49. The van der Waals surface area contributed by atoms with Gasteiger partial charge in [-0.1, -0.05) is 6.07 Å². The number of hydrogen-bond donors (Lipinski definition) is 2. The molecule has 1 rings (SSSR count). The summed E-state index contributed by atoms with van der Waals surface area (Å²) in [4.78, 5) is 22.5. The number of carbonyl (C=O) groups is 2. The summed E-state index contributed by atoms with van der Waals surface area (Å²) in [5.41, 5.74) is 6.30. The molecule has 0 aliphatic rings. The third-order valence-corrected chi connectivity index (χ3v) is 3.26. The van der Waals surface area contributed by atoms with Crippen molar-refractivity contribution in [3.05, 3.63) is 29.3 Å². The van der Waals surface area contributed by atoms with E-state index in [1.807, 2.05) is 19.6 Å². The van der Waals surface area contributed by atoms with Crippen molar-refractivity contribution in [3.8, 4) is 5.75 Å². The predicted molar refractivity (Wildman–Crippen MR) is 75.0 cm³/mol. The van der Waals surface area contributed by atoms with Crippen molar-refractivity contribution in [2.75, 3.05) is 0 Å². The third-order valence-electron chi connectivity index (χ3n) is 2.42. The van der Waals surface area contributed by atoms with Crippen LogP contribution in [0.5, 0.6) is 5.75 Å². The van der Waals surface area contributed by atoms with Gasteiger partial charge in [-0.3, -0.25) is 9.59 Å². The lowest BCUT2D eigenvalue weighted by molar-refractivity contribution is -0.138. The van der Waals surface area contributed by atoms with Crippen LogP contribution in [-0.4, -0.2) is 25.2 Å². The molecule has 0 bridgehead atoms. The molecule has 3 N–H and O–H groups in total. The zero-order valence-electron chi connectivity index (χ0n) is 11.6. The van der Waals surface area contributed by atoms with Gasteiger partial charge in [-0.25, -0.2) is 0 Å². The lowest BCUT2D eigenvalue weighted by Gasteiger charge is -2.21. The fraction of sp³-hybridized carbons (Fsp3) is 0.385. The topological polar surface area (TPSA) is 89.6 Å². The molecule has 0 spiro atoms. The molecule has 19 heavy (non-hydrogen) atoms. The van der Waals surface area contributed by atoms with Crippen molar-refractivity contribution in [1.82, 2.24) is 0 Å². The lowest BCUT2D eigenvalue weighted by Crippen LogP contribution is -2.30. The zero-order chi connectivity index (χ0) is 14.8. The number of carbonyl (C=O) groups excluding carboxylic acids is 1. The number of carboxylic acids is 1. The molecule has 104 valence electrons. The van der Waals surface area contributed by atoms with Crippen LogP contribution in [0.15, 0.2) is 18.2 Å². The van der Waals surface area contributed by atoms with Gasteiger partial charge in [-0.15, -0.1) is 0 Å². The Morgan fingerprint density at radius 2 is 1.89 bits per heavy atom. The monoisotopic (exact) mass is 281 g/mol. The largest absolute Gasteiger partial charge is 0.544 e. The predicted octanol–water partition coefficient (Wildman–Crippen LogP) is 2.19. The first-order valence-corrected chi connectivity index (χ1v) is 9.35. The molecule has 0 aromatic heterocycles. The molecule has 0 saturated carbocycles. The van der Waals surface area contributed by atoms with E-state index >= 15 is 0 Å². The Hall–Kier alpha value is -1.66. The van der Waals surface area contributed by atoms with E-state index < -0.39 is 20.3 Å². The second kappa shape index (κ2) is 5.54. The average Bonchev–Trinajstić information content (AvgIpc) is 2.26. The Balaban J connectivity index is 3.22. The van der Waals surface area contributed by atoms with Crippen LogP contribution >= 0.6 is 0 Å². The van der Waals surface area contributed by atoms with Crippen LogP contribution in [0.4, 0.5) is 0 Å². The first kappa shape index (κ1) is 15.4. The average molecular weight is 281 g/mol. The number of rotatable bonds is 5. The Morgan fingerprint density at radius 3 is 2.32 bits per heavy atom. The first-order chi connectivity index (χ1) is 8.61. The second-order valence-electron chi connectivity index (χ2n) is 5.34. The summed E-state index contributed by atoms with van der Waals surface area (Å²) >= 11 is 0. The van der Waals surface area contributed by atoms with Gasteiger partial charge in [0.15, 0.2) is 5.78 Å². The lowest BCUT2D eigenvalue weighted by atomic mass is 10.0. The minimum absolute atomic E-state index is 0.173. The van der Waals surface area contributed by atoms with E-state index in [4.69, 9.17) is 15.3 Å². The van der Waals surface area contributed by atoms with Crippen molar-refractivity contribution < 1.29 is 19.1 Å². The number of nitrogens with two attached hydrogens (primary N) is 1. The highest BCUT2D eigenvalue weighted by atomic mass is 28.4. The van der Waals surface area contributed by atoms with E-state index in [9.17, 15) is 9.59 Å². The van der Waals surface area contributed by atoms with E-state index in [1.165, 1.54) is 13.0 Å². The standard InChI is InChI=1S/C13H19NO4Si/c1-8(15)10-7-9(12(14)13(16)17)5-6-11(10)18-19(2,3)4/h5-7,12H,14H2,1-4H3,(H,16,17). The number of aliphatic carboxylic acids is 1. The summed E-state index contributed by atoms with van der Waals surface area (Å²) in [5.74, 6) is -0.811. The molecule has 1 aromatic rings. The Bertz CT molecular complexity index is 508. The highest BCUT2D eigenvalue weighted by molar-refractivity contribution is 6.70. The van der Waals surface area contributed by atoms with Crippen molar-refractivity contribution in [2.24, 2.45) is 5.73 Å². The van der Waals surface area contributed by atoms with Gasteiger partial charge >= 0.3 is 5.97 Å². The van der Waals surface area contributed by atoms with Gasteiger partial charge in [0, 0.05) is 0 Å². The van der Waals surface area contributed by atoms with Gasteiger partial charge in [0.25, 0.3) is 0 Å². The van der Waals surface area contributed by atoms with E-state index in [0.29, 0.717) is 16.9 Å². The highest BCUT2D eigenvalue weighted by Gasteiger charge is 2.22. The summed E-state index contributed by atoms with van der Waals surface area (Å²) in [6.07, 6.45) is 0. The zero-order valence-corrected chi connectivity index (χ0v) is 12.6. The van der Waals surface area contributed by atoms with Crippen LogP contribution in [0.3, 0.4) is 0 Å². The molecule has 0 amide bonds. The molecule has 0 saturated heterocycles. The summed E-state index contributed by atoms with van der Waals surface area (Å²) < 4.78 is 5.82. The van der Waals surface area contributed by atoms with Crippen molar-refractivity contribution >= 4 is 20.1 Å². The molecule has 1 aromatic carbocycles. The molecule has 0 radical (unpaired) electrons. The third kappa shape index (κ3) is 4.18. The maximum absolute atomic E-state index is 11.6. The fourth-order valence-electron chi connectivity index (χ4n) is 1.58. The molecule has 1 unspecified atom stereocenters. The van der Waals surface area contributed by atoms with Crippen LogP contribution in [0.25, 0.3) is 0 Å². The summed E-state index contributed by atoms with van der Waals surface area (Å²) in [7, 11) is -1.84. The molecule has 0 heterocycles. The molecule has 6 heteroatoms. The highest BCUT2D eigenvalue weighted by Crippen LogP contribution is 2.26. The molecular weight excluding hydrogens is 262 g/mol. The van der Waals surface area contributed by atoms with Crippen LogP contribution in [0.1, 0.15) is 28.9 Å². The van der Waals surface area contributed by atoms with Gasteiger partial charge in [-0.2, -0.15) is 0 Å². The van der Waals surface area contributed by atoms with Crippen LogP contribution < -0.4 is 10.2 Å². The quantitative estimate of drug-likeness (QED) is 0.638. The van der Waals surface area contributed by atoms with E-state index in [1.54, 1.807) is 12.1 Å². The van der Waals surface area contributed by atoms with Crippen LogP contribution in [0, 0.1) is 0 Å². The van der Waals surface area contributed by atoms with Crippen LogP contribution in [0.2, 0.25) is 19.6 Å². The Morgan fingerprint density at radius 1 is 1.32 bits per heavy atom. The van der Waals surface area contributed by atoms with E-state index in [2.05, 4.69) is 0 Å². The molecular formula is C13H19NO4Si. The molecule has 0 aliphatic heterocycles. The summed E-state index contributed by atoms with van der Waals surface area (Å²) in [5, 5.41) is 8.89. The molecule has 0 fully saturated rings. The van der Waals surface area contributed by atoms with Gasteiger partial charge in [0.2, 0.25) is 8.32 Å². The van der Waals surface area contributed by atoms with Gasteiger partial charge in [0.1, 0.15) is 11.8 Å². The number of carboxylic acid groups (broad SMARTS) is 1. The number of hydrogen-bond acceptors (Lipinski definition) is 4. The molecule has 5 nitrogen and oxygen atoms in total. The van der Waals surface area contributed by atoms with Crippen molar-refractivity contribution in [1.29, 1.82) is 0 Å². The van der Waals surface area contributed by atoms with Crippen molar-refractivity contribution in [3.63, 3.8) is 0 Å². The number of ketones is 1. The maximum atomic E-state index is 11.6. The molecule has 1 atom stereocenters. The number of Topliss-reactive ketones (excluding diaryl/α,β-unsaturated/α-hetero) is 1. The number of benzene rings is 1. The van der Waals surface area contributed by atoms with Gasteiger partial charge < -0.3 is 15.3 Å². The summed E-state index contributed by atoms with van der Waals surface area (Å²) in [6.45, 7) is 7.44. The van der Waals surface area contributed by atoms with Gasteiger partial charge in [0.05, 0.1) is 5.56 Å². The van der Waals surface area contributed by atoms with Gasteiger partial charge in [-0.05, 0) is 44.3 Å².